The molecule has 2 N–H and O–H groups in total. The van der Waals surface area contributed by atoms with Gasteiger partial charge in [-0.3, -0.25) is 9.69 Å². The Morgan fingerprint density at radius 2 is 1.65 bits per heavy atom. The third kappa shape index (κ3) is 4.74. The highest BCUT2D eigenvalue weighted by molar-refractivity contribution is 5.78. The van der Waals surface area contributed by atoms with Crippen molar-refractivity contribution in [3.63, 3.8) is 0 Å². The van der Waals surface area contributed by atoms with Crippen molar-refractivity contribution in [2.24, 2.45) is 0 Å². The van der Waals surface area contributed by atoms with Crippen molar-refractivity contribution in [1.82, 2.24) is 15.5 Å². The van der Waals surface area contributed by atoms with Gasteiger partial charge < -0.3 is 10.6 Å². The number of nitrogens with one attached hydrogen (secondary N) is 2. The number of hydrogen-bond donors (Lipinski definition) is 2. The van der Waals surface area contributed by atoms with E-state index in [9.17, 15) is 4.79 Å². The monoisotopic (exact) mass is 281 g/mol. The van der Waals surface area contributed by atoms with Gasteiger partial charge in [0.15, 0.2) is 0 Å². The number of amides is 1. The van der Waals surface area contributed by atoms with Crippen LogP contribution >= 0.6 is 0 Å². The Hall–Kier alpha value is -0.610. The SMILES string of the molecule is CC1(C)CC(NC(=O)CN2CCCCC2)CC(C)(C)N1. The molecular formula is C16H31N3O. The minimum absolute atomic E-state index is 0.0881. The van der Waals surface area contributed by atoms with E-state index in [2.05, 4.69) is 43.2 Å². The third-order valence-corrected chi connectivity index (χ3v) is 4.37. The average molecular weight is 281 g/mol. The van der Waals surface area contributed by atoms with Crippen molar-refractivity contribution in [1.29, 1.82) is 0 Å². The molecule has 0 aromatic heterocycles. The normalized spacial score (nSPS) is 27.2. The van der Waals surface area contributed by atoms with E-state index >= 15 is 0 Å². The molecule has 0 unspecified atom stereocenters. The molecular weight excluding hydrogens is 250 g/mol. The zero-order valence-electron chi connectivity index (χ0n) is 13.6. The fourth-order valence-electron chi connectivity index (χ4n) is 4.02. The van der Waals surface area contributed by atoms with Crippen LogP contribution in [0.5, 0.6) is 0 Å². The smallest absolute Gasteiger partial charge is 0.234 e. The number of piperidine rings is 2. The van der Waals surface area contributed by atoms with E-state index in [1.165, 1.54) is 19.3 Å². The molecule has 2 rings (SSSR count). The van der Waals surface area contributed by atoms with Gasteiger partial charge in [0.2, 0.25) is 5.91 Å². The second-order valence-electron chi connectivity index (χ2n) is 7.90. The molecule has 2 aliphatic heterocycles. The lowest BCUT2D eigenvalue weighted by Gasteiger charge is -2.46. The fraction of sp³-hybridized carbons (Fsp3) is 0.938. The zero-order valence-corrected chi connectivity index (χ0v) is 13.6. The summed E-state index contributed by atoms with van der Waals surface area (Å²) in [5, 5.41) is 6.91. The second-order valence-corrected chi connectivity index (χ2v) is 7.90. The maximum absolute atomic E-state index is 12.2. The fourth-order valence-corrected chi connectivity index (χ4v) is 4.02. The van der Waals surface area contributed by atoms with Gasteiger partial charge in [-0.1, -0.05) is 6.42 Å². The lowest BCUT2D eigenvalue weighted by Crippen LogP contribution is -2.62. The Morgan fingerprint density at radius 3 is 2.20 bits per heavy atom. The first-order valence-electron chi connectivity index (χ1n) is 8.07. The van der Waals surface area contributed by atoms with Gasteiger partial charge in [-0.25, -0.2) is 0 Å². The summed E-state index contributed by atoms with van der Waals surface area (Å²) in [7, 11) is 0. The van der Waals surface area contributed by atoms with Crippen LogP contribution < -0.4 is 10.6 Å². The summed E-state index contributed by atoms with van der Waals surface area (Å²) in [4.78, 5) is 14.5. The van der Waals surface area contributed by atoms with Crippen molar-refractivity contribution >= 4 is 5.91 Å². The van der Waals surface area contributed by atoms with Crippen molar-refractivity contribution in [2.75, 3.05) is 19.6 Å². The molecule has 1 amide bonds. The first-order valence-corrected chi connectivity index (χ1v) is 8.07. The highest BCUT2D eigenvalue weighted by atomic mass is 16.2. The van der Waals surface area contributed by atoms with E-state index in [1.54, 1.807) is 0 Å². The van der Waals surface area contributed by atoms with E-state index in [4.69, 9.17) is 0 Å². The van der Waals surface area contributed by atoms with E-state index in [0.717, 1.165) is 25.9 Å². The first-order chi connectivity index (χ1) is 9.26. The minimum Gasteiger partial charge on any atom is -0.352 e. The summed E-state index contributed by atoms with van der Waals surface area (Å²) in [6.07, 6.45) is 5.79. The van der Waals surface area contributed by atoms with Gasteiger partial charge in [0, 0.05) is 17.1 Å². The largest absolute Gasteiger partial charge is 0.352 e. The average Bonchev–Trinajstić information content (AvgIpc) is 2.25. The summed E-state index contributed by atoms with van der Waals surface area (Å²) in [6, 6.07) is 0.290. The number of rotatable bonds is 3. The third-order valence-electron chi connectivity index (χ3n) is 4.37. The molecule has 2 saturated heterocycles. The van der Waals surface area contributed by atoms with E-state index in [-0.39, 0.29) is 17.0 Å². The second kappa shape index (κ2) is 6.02. The Bertz CT molecular complexity index is 330. The van der Waals surface area contributed by atoms with Crippen molar-refractivity contribution in [2.45, 2.75) is 76.9 Å². The van der Waals surface area contributed by atoms with Crippen LogP contribution in [-0.2, 0) is 4.79 Å². The summed E-state index contributed by atoms with van der Waals surface area (Å²) in [5.74, 6) is 0.199. The number of carbonyl (C=O) groups is 1. The maximum Gasteiger partial charge on any atom is 0.234 e. The van der Waals surface area contributed by atoms with E-state index in [0.29, 0.717) is 12.6 Å². The number of likely N-dealkylation sites (tertiary alicyclic amines) is 1. The van der Waals surface area contributed by atoms with Crippen molar-refractivity contribution < 1.29 is 4.79 Å². The molecule has 0 atom stereocenters. The zero-order chi connectivity index (χ0) is 14.8. The van der Waals surface area contributed by atoms with Gasteiger partial charge in [-0.2, -0.15) is 0 Å². The highest BCUT2D eigenvalue weighted by Gasteiger charge is 2.38. The van der Waals surface area contributed by atoms with Gasteiger partial charge in [0.1, 0.15) is 0 Å². The van der Waals surface area contributed by atoms with Crippen LogP contribution in [0.2, 0.25) is 0 Å². The Labute approximate surface area is 123 Å². The van der Waals surface area contributed by atoms with Crippen molar-refractivity contribution in [3.8, 4) is 0 Å². The molecule has 0 aromatic rings. The molecule has 0 radical (unpaired) electrons. The van der Waals surface area contributed by atoms with Crippen LogP contribution in [0.3, 0.4) is 0 Å². The first kappa shape index (κ1) is 15.8. The van der Waals surface area contributed by atoms with Gasteiger partial charge in [0.05, 0.1) is 6.54 Å². The van der Waals surface area contributed by atoms with Crippen LogP contribution in [-0.4, -0.2) is 47.6 Å². The predicted octanol–water partition coefficient (Wildman–Crippen LogP) is 1.90. The van der Waals surface area contributed by atoms with Gasteiger partial charge in [-0.05, 0) is 66.5 Å². The molecule has 4 heteroatoms. The van der Waals surface area contributed by atoms with Crippen LogP contribution in [0.15, 0.2) is 0 Å². The topological polar surface area (TPSA) is 44.4 Å². The summed E-state index contributed by atoms with van der Waals surface area (Å²) < 4.78 is 0. The molecule has 0 saturated carbocycles. The quantitative estimate of drug-likeness (QED) is 0.830. The summed E-state index contributed by atoms with van der Waals surface area (Å²) in [5.41, 5.74) is 0.176. The molecule has 2 heterocycles. The predicted molar refractivity (Wildman–Crippen MR) is 82.7 cm³/mol. The lowest BCUT2D eigenvalue weighted by molar-refractivity contribution is -0.123. The number of nitrogens with zero attached hydrogens (tertiary/aromatic N) is 1. The van der Waals surface area contributed by atoms with Crippen LogP contribution in [0.4, 0.5) is 0 Å². The van der Waals surface area contributed by atoms with Crippen molar-refractivity contribution in [3.05, 3.63) is 0 Å². The van der Waals surface area contributed by atoms with Gasteiger partial charge in [0.25, 0.3) is 0 Å². The highest BCUT2D eigenvalue weighted by Crippen LogP contribution is 2.28. The molecule has 0 aromatic carbocycles. The van der Waals surface area contributed by atoms with Gasteiger partial charge in [-0.15, -0.1) is 0 Å². The van der Waals surface area contributed by atoms with Crippen LogP contribution in [0.1, 0.15) is 59.8 Å². The molecule has 20 heavy (non-hydrogen) atoms. The minimum atomic E-state index is 0.0881. The maximum atomic E-state index is 12.2. The number of carbonyl (C=O) groups excluding carboxylic acids is 1. The number of hydrogen-bond acceptors (Lipinski definition) is 3. The summed E-state index contributed by atoms with van der Waals surface area (Å²) in [6.45, 7) is 11.6. The molecule has 0 aliphatic carbocycles. The molecule has 2 aliphatic rings. The van der Waals surface area contributed by atoms with Crippen LogP contribution in [0.25, 0.3) is 0 Å². The summed E-state index contributed by atoms with van der Waals surface area (Å²) >= 11 is 0. The Morgan fingerprint density at radius 1 is 1.10 bits per heavy atom. The van der Waals surface area contributed by atoms with E-state index in [1.807, 2.05) is 0 Å². The molecule has 2 fully saturated rings. The molecule has 0 bridgehead atoms. The van der Waals surface area contributed by atoms with Gasteiger partial charge >= 0.3 is 0 Å². The molecule has 116 valence electrons. The standard InChI is InChI=1S/C16H31N3O/c1-15(2)10-13(11-16(3,4)18-15)17-14(20)12-19-8-6-5-7-9-19/h13,18H,5-12H2,1-4H3,(H,17,20). The lowest BCUT2D eigenvalue weighted by atomic mass is 9.79. The Balaban J connectivity index is 1.83. The Kier molecular flexibility index (Phi) is 4.75. The molecule has 0 spiro atoms. The van der Waals surface area contributed by atoms with Crippen LogP contribution in [0, 0.1) is 0 Å². The molecule has 4 nitrogen and oxygen atoms in total. The van der Waals surface area contributed by atoms with E-state index < -0.39 is 0 Å².